The molecule has 43 heavy (non-hydrogen) atoms. The second-order valence-corrected chi connectivity index (χ2v) is 11.8. The summed E-state index contributed by atoms with van der Waals surface area (Å²) in [5.74, 6) is -0.363. The van der Waals surface area contributed by atoms with Crippen molar-refractivity contribution in [2.45, 2.75) is 47.3 Å². The number of halogens is 1. The second kappa shape index (κ2) is 12.0. The number of pyridine rings is 1. The van der Waals surface area contributed by atoms with Crippen molar-refractivity contribution in [3.8, 4) is 5.75 Å². The van der Waals surface area contributed by atoms with Gasteiger partial charge in [0.05, 0.1) is 34.8 Å². The Balaban J connectivity index is 1.66. The third-order valence-electron chi connectivity index (χ3n) is 7.64. The normalized spacial score (nSPS) is 11.6. The van der Waals surface area contributed by atoms with Crippen LogP contribution in [-0.4, -0.2) is 34.2 Å². The first-order valence-corrected chi connectivity index (χ1v) is 14.4. The van der Waals surface area contributed by atoms with Crippen LogP contribution in [0, 0.1) is 5.41 Å². The number of Topliss-reactive ketones (excluding diaryl/α,β-unsaturated/α-hetero) is 2. The molecule has 220 valence electrons. The molecule has 0 radical (unpaired) electrons. The van der Waals surface area contributed by atoms with Crippen molar-refractivity contribution in [1.82, 2.24) is 9.55 Å². The van der Waals surface area contributed by atoms with Crippen molar-refractivity contribution >= 4 is 50.9 Å². The van der Waals surface area contributed by atoms with Gasteiger partial charge in [-0.25, -0.2) is 4.98 Å². The maximum absolute atomic E-state index is 13.3. The molecule has 5 rings (SSSR count). The summed E-state index contributed by atoms with van der Waals surface area (Å²) in [7, 11) is 1.35. The molecule has 8 heteroatoms. The molecular weight excluding hydrogens is 564 g/mol. The highest BCUT2D eigenvalue weighted by Crippen LogP contribution is 2.37. The Morgan fingerprint density at radius 1 is 0.930 bits per heavy atom. The van der Waals surface area contributed by atoms with E-state index in [0.29, 0.717) is 50.7 Å². The summed E-state index contributed by atoms with van der Waals surface area (Å²) in [4.78, 5) is 43.6. The van der Waals surface area contributed by atoms with Crippen LogP contribution in [-0.2, 0) is 29.1 Å². The molecule has 0 aliphatic carbocycles. The third-order valence-corrected chi connectivity index (χ3v) is 7.89. The van der Waals surface area contributed by atoms with E-state index >= 15 is 0 Å². The van der Waals surface area contributed by atoms with E-state index in [1.54, 1.807) is 38.1 Å². The third kappa shape index (κ3) is 6.18. The van der Waals surface area contributed by atoms with Gasteiger partial charge in [0.15, 0.2) is 11.6 Å². The minimum atomic E-state index is -0.921. The molecule has 0 saturated heterocycles. The fraction of sp³-hybridized carbons (Fsp3) is 0.257. The number of rotatable bonds is 10. The van der Waals surface area contributed by atoms with Crippen LogP contribution in [0.4, 0.5) is 0 Å². The average Bonchev–Trinajstić information content (AvgIpc) is 3.27. The lowest BCUT2D eigenvalue weighted by atomic mass is 9.86. The SMILES string of the molecule is COC(=O)C(C)(C)Cc1c(C(C)=O)c2cc(OCc3ccc4ccccc4n3)c(C(C)=O)cc2n1Cc1ccc(Cl)cc1. The first-order valence-electron chi connectivity index (χ1n) is 14.0. The maximum atomic E-state index is 13.3. The molecule has 3 aromatic carbocycles. The summed E-state index contributed by atoms with van der Waals surface area (Å²) in [6, 6.07) is 22.7. The summed E-state index contributed by atoms with van der Waals surface area (Å²) in [5.41, 5.74) is 3.81. The van der Waals surface area contributed by atoms with Crippen LogP contribution < -0.4 is 4.74 Å². The van der Waals surface area contributed by atoms with Gasteiger partial charge in [-0.2, -0.15) is 0 Å². The van der Waals surface area contributed by atoms with E-state index < -0.39 is 5.41 Å². The van der Waals surface area contributed by atoms with Gasteiger partial charge in [-0.15, -0.1) is 0 Å². The number of para-hydroxylation sites is 1. The Bertz CT molecular complexity index is 1870. The number of fused-ring (bicyclic) bond motifs is 2. The van der Waals surface area contributed by atoms with Gasteiger partial charge in [0, 0.05) is 40.0 Å². The molecule has 0 saturated carbocycles. The van der Waals surface area contributed by atoms with E-state index in [1.807, 2.05) is 53.1 Å². The molecule has 0 aliphatic heterocycles. The molecule has 0 amide bonds. The standard InChI is InChI=1S/C35H33ClN2O5/c1-21(39)27-16-30-28(17-32(27)43-20-26-15-12-24-8-6-7-9-29(24)37-26)33(22(2)40)31(18-35(3,4)34(41)42-5)38(30)19-23-10-13-25(36)14-11-23/h6-17H,18-20H2,1-5H3. The van der Waals surface area contributed by atoms with E-state index in [2.05, 4.69) is 4.98 Å². The van der Waals surface area contributed by atoms with Crippen LogP contribution in [0.3, 0.4) is 0 Å². The Kier molecular flexibility index (Phi) is 8.38. The first kappa shape index (κ1) is 30.0. The number of carbonyl (C=O) groups excluding carboxylic acids is 3. The molecule has 0 fully saturated rings. The Morgan fingerprint density at radius 3 is 2.33 bits per heavy atom. The summed E-state index contributed by atoms with van der Waals surface area (Å²) in [5, 5.41) is 2.27. The van der Waals surface area contributed by atoms with Gasteiger partial charge in [0.2, 0.25) is 0 Å². The molecule has 5 aromatic rings. The van der Waals surface area contributed by atoms with E-state index in [1.165, 1.54) is 21.0 Å². The van der Waals surface area contributed by atoms with Crippen molar-refractivity contribution in [2.75, 3.05) is 7.11 Å². The summed E-state index contributed by atoms with van der Waals surface area (Å²) >= 11 is 6.14. The molecule has 7 nitrogen and oxygen atoms in total. The lowest BCUT2D eigenvalue weighted by Crippen LogP contribution is -2.29. The first-order chi connectivity index (χ1) is 20.5. The topological polar surface area (TPSA) is 87.5 Å². The molecular formula is C35H33ClN2O5. The van der Waals surface area contributed by atoms with E-state index in [0.717, 1.165) is 16.5 Å². The van der Waals surface area contributed by atoms with Crippen molar-refractivity contribution < 1.29 is 23.9 Å². The fourth-order valence-electron chi connectivity index (χ4n) is 5.46. The van der Waals surface area contributed by atoms with Crippen LogP contribution >= 0.6 is 11.6 Å². The number of nitrogens with zero attached hydrogens (tertiary/aromatic N) is 2. The molecule has 0 spiro atoms. The highest BCUT2D eigenvalue weighted by molar-refractivity contribution is 6.30. The number of carbonyl (C=O) groups is 3. The molecule has 0 bridgehead atoms. The quantitative estimate of drug-likeness (QED) is 0.122. The largest absolute Gasteiger partial charge is 0.487 e. The second-order valence-electron chi connectivity index (χ2n) is 11.3. The number of benzene rings is 3. The Morgan fingerprint density at radius 2 is 1.65 bits per heavy atom. The number of hydrogen-bond acceptors (Lipinski definition) is 6. The molecule has 2 heterocycles. The lowest BCUT2D eigenvalue weighted by molar-refractivity contribution is -0.150. The minimum Gasteiger partial charge on any atom is -0.487 e. The van der Waals surface area contributed by atoms with Crippen LogP contribution in [0.1, 0.15) is 65.4 Å². The lowest BCUT2D eigenvalue weighted by Gasteiger charge is -2.23. The van der Waals surface area contributed by atoms with Gasteiger partial charge in [0.1, 0.15) is 12.4 Å². The van der Waals surface area contributed by atoms with E-state index in [4.69, 9.17) is 21.1 Å². The predicted octanol–water partition coefficient (Wildman–Crippen LogP) is 7.62. The van der Waals surface area contributed by atoms with Crippen molar-refractivity contribution in [3.63, 3.8) is 0 Å². The number of ketones is 2. The zero-order valence-electron chi connectivity index (χ0n) is 24.9. The highest BCUT2D eigenvalue weighted by atomic mass is 35.5. The number of methoxy groups -OCH3 is 1. The summed E-state index contributed by atoms with van der Waals surface area (Å²) in [6.07, 6.45) is 0.240. The molecule has 2 aromatic heterocycles. The Labute approximate surface area is 255 Å². The number of aromatic nitrogens is 2. The zero-order chi connectivity index (χ0) is 30.9. The summed E-state index contributed by atoms with van der Waals surface area (Å²) < 4.78 is 13.3. The van der Waals surface area contributed by atoms with Gasteiger partial charge < -0.3 is 14.0 Å². The smallest absolute Gasteiger partial charge is 0.311 e. The van der Waals surface area contributed by atoms with Gasteiger partial charge in [0.25, 0.3) is 0 Å². The maximum Gasteiger partial charge on any atom is 0.311 e. The molecule has 0 unspecified atom stereocenters. The van der Waals surface area contributed by atoms with Crippen molar-refractivity contribution in [3.05, 3.63) is 106 Å². The van der Waals surface area contributed by atoms with Gasteiger partial charge in [-0.05, 0) is 69.7 Å². The van der Waals surface area contributed by atoms with Crippen LogP contribution in [0.25, 0.3) is 21.8 Å². The monoisotopic (exact) mass is 596 g/mol. The van der Waals surface area contributed by atoms with Crippen LogP contribution in [0.2, 0.25) is 5.02 Å². The molecule has 0 N–H and O–H groups in total. The summed E-state index contributed by atoms with van der Waals surface area (Å²) in [6.45, 7) is 7.11. The van der Waals surface area contributed by atoms with Crippen molar-refractivity contribution in [1.29, 1.82) is 0 Å². The van der Waals surface area contributed by atoms with Crippen LogP contribution in [0.15, 0.2) is 72.8 Å². The number of esters is 1. The predicted molar refractivity (Wildman–Crippen MR) is 168 cm³/mol. The minimum absolute atomic E-state index is 0.139. The van der Waals surface area contributed by atoms with Crippen molar-refractivity contribution in [2.24, 2.45) is 5.41 Å². The molecule has 0 atom stereocenters. The van der Waals surface area contributed by atoms with Crippen LogP contribution in [0.5, 0.6) is 5.75 Å². The van der Waals surface area contributed by atoms with Gasteiger partial charge in [-0.1, -0.05) is 48.0 Å². The van der Waals surface area contributed by atoms with Gasteiger partial charge >= 0.3 is 5.97 Å². The van der Waals surface area contributed by atoms with E-state index in [-0.39, 0.29) is 30.6 Å². The fourth-order valence-corrected chi connectivity index (χ4v) is 5.59. The number of ether oxygens (including phenoxy) is 2. The molecule has 0 aliphatic rings. The van der Waals surface area contributed by atoms with Gasteiger partial charge in [-0.3, -0.25) is 14.4 Å². The number of hydrogen-bond donors (Lipinski definition) is 0. The zero-order valence-corrected chi connectivity index (χ0v) is 25.6. The average molecular weight is 597 g/mol. The highest BCUT2D eigenvalue weighted by Gasteiger charge is 2.34. The van der Waals surface area contributed by atoms with E-state index in [9.17, 15) is 14.4 Å². The Hall–Kier alpha value is -4.49.